The molecule has 0 unspecified atom stereocenters. The van der Waals surface area contributed by atoms with Gasteiger partial charge in [-0.05, 0) is 34.5 Å². The van der Waals surface area contributed by atoms with Gasteiger partial charge >= 0.3 is 0 Å². The maximum Gasteiger partial charge on any atom is 0.123 e. The molecule has 2 N–H and O–H groups in total. The molecule has 0 aliphatic rings. The molecule has 0 aliphatic heterocycles. The van der Waals surface area contributed by atoms with Crippen molar-refractivity contribution >= 4 is 15.9 Å². The predicted molar refractivity (Wildman–Crippen MR) is 64.9 cm³/mol. The minimum absolute atomic E-state index is 0.454. The number of imidazole rings is 1. The maximum absolute atomic E-state index is 5.60. The Labute approximate surface area is 103 Å². The van der Waals surface area contributed by atoms with Crippen LogP contribution < -0.4 is 5.73 Å². The molecule has 2 aromatic rings. The van der Waals surface area contributed by atoms with Crippen molar-refractivity contribution in [1.82, 2.24) is 9.55 Å². The van der Waals surface area contributed by atoms with Crippen LogP contribution in [0.3, 0.4) is 0 Å². The van der Waals surface area contributed by atoms with Gasteiger partial charge in [0.2, 0.25) is 0 Å². The summed E-state index contributed by atoms with van der Waals surface area (Å²) in [5.74, 6) is 1.87. The summed E-state index contributed by atoms with van der Waals surface area (Å²) in [6.45, 7) is 0.454. The number of rotatable bonds is 4. The van der Waals surface area contributed by atoms with Gasteiger partial charge in [0.25, 0.3) is 0 Å². The summed E-state index contributed by atoms with van der Waals surface area (Å²) in [6.07, 6.45) is 3.39. The van der Waals surface area contributed by atoms with E-state index < -0.39 is 0 Å². The Morgan fingerprint density at radius 3 is 2.88 bits per heavy atom. The minimum atomic E-state index is 0.454. The van der Waals surface area contributed by atoms with Crippen LogP contribution >= 0.6 is 15.9 Å². The first-order valence-corrected chi connectivity index (χ1v) is 5.94. The Hall–Kier alpha value is -1.07. The second-order valence-corrected chi connectivity index (χ2v) is 4.36. The van der Waals surface area contributed by atoms with Gasteiger partial charge in [0.1, 0.15) is 16.2 Å². The molecule has 4 nitrogen and oxygen atoms in total. The van der Waals surface area contributed by atoms with Gasteiger partial charge in [-0.3, -0.25) is 0 Å². The fourth-order valence-electron chi connectivity index (χ4n) is 1.62. The molecule has 0 atom stereocenters. The lowest BCUT2D eigenvalue weighted by molar-refractivity contribution is 0.507. The van der Waals surface area contributed by atoms with Crippen LogP contribution in [0.15, 0.2) is 27.4 Å². The third-order valence-electron chi connectivity index (χ3n) is 2.55. The van der Waals surface area contributed by atoms with Gasteiger partial charge < -0.3 is 14.7 Å². The molecule has 0 bridgehead atoms. The second kappa shape index (κ2) is 4.84. The van der Waals surface area contributed by atoms with E-state index >= 15 is 0 Å². The molecule has 0 fully saturated rings. The van der Waals surface area contributed by atoms with E-state index in [4.69, 9.17) is 10.2 Å². The number of hydrogen-bond acceptors (Lipinski definition) is 3. The van der Waals surface area contributed by atoms with E-state index in [1.807, 2.05) is 23.7 Å². The van der Waals surface area contributed by atoms with Crippen LogP contribution in [0.4, 0.5) is 0 Å². The topological polar surface area (TPSA) is 57.0 Å². The first-order valence-electron chi connectivity index (χ1n) is 5.14. The summed E-state index contributed by atoms with van der Waals surface area (Å²) in [4.78, 5) is 4.48. The van der Waals surface area contributed by atoms with Gasteiger partial charge in [0, 0.05) is 13.5 Å². The number of furan rings is 1. The molecule has 0 saturated heterocycles. The van der Waals surface area contributed by atoms with Crippen LogP contribution in [0.5, 0.6) is 0 Å². The zero-order valence-electron chi connectivity index (χ0n) is 9.11. The van der Waals surface area contributed by atoms with Crippen molar-refractivity contribution in [2.45, 2.75) is 19.4 Å². The van der Waals surface area contributed by atoms with Gasteiger partial charge in [0.05, 0.1) is 18.5 Å². The molecule has 2 heterocycles. The van der Waals surface area contributed by atoms with Crippen LogP contribution in [0.1, 0.15) is 17.3 Å². The van der Waals surface area contributed by atoms with Crippen molar-refractivity contribution in [3.8, 4) is 0 Å². The zero-order valence-corrected chi connectivity index (χ0v) is 10.7. The maximum atomic E-state index is 5.60. The van der Waals surface area contributed by atoms with Crippen molar-refractivity contribution in [3.05, 3.63) is 40.3 Å². The number of aromatic nitrogens is 2. The molecule has 0 aliphatic carbocycles. The van der Waals surface area contributed by atoms with Crippen LogP contribution in [-0.2, 0) is 26.4 Å². The summed E-state index contributed by atoms with van der Waals surface area (Å²) in [5.41, 5.74) is 6.63. The molecule has 0 spiro atoms. The Bertz CT molecular complexity index is 462. The zero-order chi connectivity index (χ0) is 11.5. The number of halogens is 1. The standard InChI is InChI=1S/C11H14BrN3O/c1-15-10(7-13)14-9(11(15)12)5-4-8-3-2-6-16-8/h2-3,6H,4-5,7,13H2,1H3. The molecule has 0 amide bonds. The van der Waals surface area contributed by atoms with Gasteiger partial charge in [-0.1, -0.05) is 0 Å². The highest BCUT2D eigenvalue weighted by atomic mass is 79.9. The lowest BCUT2D eigenvalue weighted by atomic mass is 10.2. The highest BCUT2D eigenvalue weighted by Crippen LogP contribution is 2.19. The quantitative estimate of drug-likeness (QED) is 0.934. The smallest absolute Gasteiger partial charge is 0.123 e. The molecule has 0 aromatic carbocycles. The lowest BCUT2D eigenvalue weighted by Gasteiger charge is -1.98. The number of aryl methyl sites for hydroxylation is 2. The fraction of sp³-hybridized carbons (Fsp3) is 0.364. The van der Waals surface area contributed by atoms with Crippen LogP contribution in [0.25, 0.3) is 0 Å². The van der Waals surface area contributed by atoms with Crippen LogP contribution in [0, 0.1) is 0 Å². The summed E-state index contributed by atoms with van der Waals surface area (Å²) >= 11 is 3.52. The average molecular weight is 284 g/mol. The Balaban J connectivity index is 2.10. The second-order valence-electron chi connectivity index (χ2n) is 3.61. The van der Waals surface area contributed by atoms with Gasteiger partial charge in [-0.2, -0.15) is 0 Å². The summed E-state index contributed by atoms with van der Waals surface area (Å²) in [7, 11) is 1.95. The third kappa shape index (κ3) is 2.20. The highest BCUT2D eigenvalue weighted by molar-refractivity contribution is 9.10. The molecule has 0 radical (unpaired) electrons. The molecule has 16 heavy (non-hydrogen) atoms. The fourth-order valence-corrected chi connectivity index (χ4v) is 2.11. The van der Waals surface area contributed by atoms with Crippen molar-refractivity contribution in [2.24, 2.45) is 12.8 Å². The van der Waals surface area contributed by atoms with E-state index in [-0.39, 0.29) is 0 Å². The Morgan fingerprint density at radius 2 is 2.31 bits per heavy atom. The van der Waals surface area contributed by atoms with Crippen molar-refractivity contribution < 1.29 is 4.42 Å². The summed E-state index contributed by atoms with van der Waals surface area (Å²) in [6, 6.07) is 3.87. The summed E-state index contributed by atoms with van der Waals surface area (Å²) < 4.78 is 8.25. The largest absolute Gasteiger partial charge is 0.469 e. The van der Waals surface area contributed by atoms with Crippen molar-refractivity contribution in [3.63, 3.8) is 0 Å². The Kier molecular flexibility index (Phi) is 3.46. The molecule has 2 aromatic heterocycles. The van der Waals surface area contributed by atoms with Gasteiger partial charge in [-0.25, -0.2) is 4.98 Å². The molecule has 5 heteroatoms. The SMILES string of the molecule is Cn1c(CN)nc(CCc2ccco2)c1Br. The minimum Gasteiger partial charge on any atom is -0.469 e. The van der Waals surface area contributed by atoms with E-state index in [1.165, 1.54) is 0 Å². The van der Waals surface area contributed by atoms with Crippen molar-refractivity contribution in [2.75, 3.05) is 0 Å². The van der Waals surface area contributed by atoms with E-state index in [2.05, 4.69) is 20.9 Å². The van der Waals surface area contributed by atoms with Crippen molar-refractivity contribution in [1.29, 1.82) is 0 Å². The highest BCUT2D eigenvalue weighted by Gasteiger charge is 2.11. The number of hydrogen-bond donors (Lipinski definition) is 1. The molecule has 2 rings (SSSR count). The number of nitrogens with zero attached hydrogens (tertiary/aromatic N) is 2. The van der Waals surface area contributed by atoms with E-state index in [0.29, 0.717) is 6.54 Å². The lowest BCUT2D eigenvalue weighted by Crippen LogP contribution is -2.04. The van der Waals surface area contributed by atoms with E-state index in [1.54, 1.807) is 6.26 Å². The number of nitrogens with two attached hydrogens (primary N) is 1. The normalized spacial score (nSPS) is 10.9. The molecular formula is C11H14BrN3O. The first kappa shape index (κ1) is 11.4. The molecular weight excluding hydrogens is 270 g/mol. The van der Waals surface area contributed by atoms with E-state index in [9.17, 15) is 0 Å². The van der Waals surface area contributed by atoms with Gasteiger partial charge in [0.15, 0.2) is 0 Å². The third-order valence-corrected chi connectivity index (χ3v) is 3.54. The molecule has 0 saturated carbocycles. The first-order chi connectivity index (χ1) is 7.72. The molecule has 86 valence electrons. The van der Waals surface area contributed by atoms with Crippen LogP contribution in [0.2, 0.25) is 0 Å². The average Bonchev–Trinajstić information content (AvgIpc) is 2.88. The monoisotopic (exact) mass is 283 g/mol. The van der Waals surface area contributed by atoms with Crippen LogP contribution in [-0.4, -0.2) is 9.55 Å². The van der Waals surface area contributed by atoms with Gasteiger partial charge in [-0.15, -0.1) is 0 Å². The summed E-state index contributed by atoms with van der Waals surface area (Å²) in [5, 5.41) is 0. The Morgan fingerprint density at radius 1 is 1.50 bits per heavy atom. The predicted octanol–water partition coefficient (Wildman–Crippen LogP) is 2.02. The van der Waals surface area contributed by atoms with E-state index in [0.717, 1.165) is 34.7 Å².